The molecule has 1 aliphatic heterocycles. The maximum Gasteiger partial charge on any atom is 0.323 e. The summed E-state index contributed by atoms with van der Waals surface area (Å²) in [6, 6.07) is 0. The topological polar surface area (TPSA) is 124 Å². The highest BCUT2D eigenvalue weighted by Gasteiger charge is 2.46. The van der Waals surface area contributed by atoms with Crippen molar-refractivity contribution in [3.63, 3.8) is 0 Å². The molecular weight excluding hydrogens is 514 g/mol. The fourth-order valence-electron chi connectivity index (χ4n) is 3.49. The van der Waals surface area contributed by atoms with Crippen molar-refractivity contribution in [3.8, 4) is 0 Å². The molecule has 0 aromatic carbocycles. The van der Waals surface area contributed by atoms with Crippen LogP contribution in [-0.2, 0) is 38.1 Å². The molecule has 0 spiro atoms. The molecule has 1 aliphatic rings. The summed E-state index contributed by atoms with van der Waals surface area (Å²) in [5.74, 6) is -1.35. The van der Waals surface area contributed by atoms with Gasteiger partial charge in [-0.05, 0) is 74.7 Å². The molecule has 0 unspecified atom stereocenters. The maximum absolute atomic E-state index is 12.9. The first-order chi connectivity index (χ1) is 17.4. The van der Waals surface area contributed by atoms with E-state index in [1.807, 2.05) is 30.2 Å². The normalized spacial score (nSPS) is 15.0. The number of hydrogen-bond acceptors (Lipinski definition) is 11. The average Bonchev–Trinajstić information content (AvgIpc) is 3.10. The summed E-state index contributed by atoms with van der Waals surface area (Å²) < 4.78 is 46.1. The Morgan fingerprint density at radius 2 is 1.50 bits per heavy atom. The quantitative estimate of drug-likeness (QED) is 0.128. The lowest BCUT2D eigenvalue weighted by Crippen LogP contribution is -2.44. The van der Waals surface area contributed by atoms with E-state index in [0.717, 1.165) is 5.70 Å². The molecule has 222 valence electrons. The van der Waals surface area contributed by atoms with Crippen molar-refractivity contribution in [2.75, 3.05) is 39.2 Å². The fraction of sp³-hybridized carbons (Fsp3) is 0.846. The summed E-state index contributed by atoms with van der Waals surface area (Å²) in [4.78, 5) is 25.8. The highest BCUT2D eigenvalue weighted by Crippen LogP contribution is 2.32. The molecule has 0 amide bonds. The van der Waals surface area contributed by atoms with Gasteiger partial charge in [0.2, 0.25) is 0 Å². The smallest absolute Gasteiger partial charge is 0.323 e. The highest BCUT2D eigenvalue weighted by atomic mass is 32.2. The first-order valence-corrected chi connectivity index (χ1v) is 14.9. The minimum Gasteiger partial charge on any atom is -0.459 e. The first-order valence-electron chi connectivity index (χ1n) is 13.3. The Balaban J connectivity index is 2.47. The van der Waals surface area contributed by atoms with E-state index in [9.17, 15) is 18.0 Å². The minimum absolute atomic E-state index is 0.0427. The number of ether oxygens (including phenoxy) is 3. The number of hydrogen-bond donors (Lipinski definition) is 1. The molecular formula is C26H49N3O8S. The second-order valence-corrected chi connectivity index (χ2v) is 13.5. The van der Waals surface area contributed by atoms with Gasteiger partial charge in [-0.1, -0.05) is 12.8 Å². The number of likely N-dealkylation sites (N-methyl/N-ethyl adjacent to an activating group) is 1. The second kappa shape index (κ2) is 14.5. The van der Waals surface area contributed by atoms with Gasteiger partial charge in [0.25, 0.3) is 10.1 Å². The summed E-state index contributed by atoms with van der Waals surface area (Å²) in [6.45, 7) is 15.6. The lowest BCUT2D eigenvalue weighted by molar-refractivity contribution is -0.184. The predicted octanol–water partition coefficient (Wildman–Crippen LogP) is 3.52. The lowest BCUT2D eigenvalue weighted by Gasteiger charge is -2.32. The van der Waals surface area contributed by atoms with Gasteiger partial charge in [0.15, 0.2) is 5.41 Å². The lowest BCUT2D eigenvalue weighted by atomic mass is 9.84. The van der Waals surface area contributed by atoms with E-state index in [2.05, 4.69) is 5.53 Å². The van der Waals surface area contributed by atoms with Crippen molar-refractivity contribution >= 4 is 22.1 Å². The van der Waals surface area contributed by atoms with E-state index in [1.165, 1.54) is 6.92 Å². The fourth-order valence-corrected chi connectivity index (χ4v) is 4.46. The van der Waals surface area contributed by atoms with E-state index in [4.69, 9.17) is 18.4 Å². The predicted molar refractivity (Wildman–Crippen MR) is 145 cm³/mol. The minimum atomic E-state index is -3.66. The zero-order chi connectivity index (χ0) is 29.2. The van der Waals surface area contributed by atoms with Crippen LogP contribution in [-0.4, -0.2) is 80.7 Å². The Morgan fingerprint density at radius 1 is 0.921 bits per heavy atom. The van der Waals surface area contributed by atoms with Gasteiger partial charge in [-0.2, -0.15) is 8.42 Å². The molecule has 0 bridgehead atoms. The largest absolute Gasteiger partial charge is 0.459 e. The van der Waals surface area contributed by atoms with Crippen LogP contribution in [0.2, 0.25) is 0 Å². The Kier molecular flexibility index (Phi) is 13.0. The van der Waals surface area contributed by atoms with Crippen LogP contribution >= 0.6 is 0 Å². The molecule has 0 aliphatic carbocycles. The summed E-state index contributed by atoms with van der Waals surface area (Å²) in [5, 5.41) is 3.65. The monoisotopic (exact) mass is 563 g/mol. The molecule has 0 saturated carbocycles. The van der Waals surface area contributed by atoms with Crippen LogP contribution in [0.5, 0.6) is 0 Å². The number of hydrazine groups is 2. The molecule has 0 fully saturated rings. The summed E-state index contributed by atoms with van der Waals surface area (Å²) in [5.41, 5.74) is 1.12. The number of unbranched alkanes of at least 4 members (excludes halogenated alkanes) is 2. The summed E-state index contributed by atoms with van der Waals surface area (Å²) >= 11 is 0. The van der Waals surface area contributed by atoms with Crippen LogP contribution in [0, 0.1) is 5.41 Å². The molecule has 0 atom stereocenters. The zero-order valence-electron chi connectivity index (χ0n) is 24.7. The van der Waals surface area contributed by atoms with Crippen molar-refractivity contribution < 1.29 is 36.4 Å². The SMILES string of the molecule is CCOCC1=CN(CCCS(=O)(=O)OCCCCCC(C)(C(=O)OC(C)(C)C)C(=O)OC(C)(C)C)NN1C. The highest BCUT2D eigenvalue weighted by molar-refractivity contribution is 7.86. The van der Waals surface area contributed by atoms with E-state index < -0.39 is 38.7 Å². The molecule has 0 saturated heterocycles. The molecule has 11 nitrogen and oxygen atoms in total. The molecule has 38 heavy (non-hydrogen) atoms. The first kappa shape index (κ1) is 34.1. The third-order valence-corrected chi connectivity index (χ3v) is 6.86. The van der Waals surface area contributed by atoms with Gasteiger partial charge in [0.1, 0.15) is 11.2 Å². The zero-order valence-corrected chi connectivity index (χ0v) is 25.5. The van der Waals surface area contributed by atoms with Crippen molar-refractivity contribution in [3.05, 3.63) is 11.9 Å². The van der Waals surface area contributed by atoms with Crippen LogP contribution in [0.4, 0.5) is 0 Å². The standard InChI is InChI=1S/C26H49N3O8S/c1-10-34-20-21-19-29(27-28(21)9)16-14-18-38(32,33)35-17-13-11-12-15-26(8,22(30)36-24(2,3)4)23(31)37-25(5,6)7/h19,27H,10-18,20H2,1-9H3. The summed E-state index contributed by atoms with van der Waals surface area (Å²) in [6.07, 6.45) is 4.06. The molecule has 0 aromatic heterocycles. The number of esters is 2. The van der Waals surface area contributed by atoms with Gasteiger partial charge in [0, 0.05) is 26.4 Å². The Morgan fingerprint density at radius 3 is 2.03 bits per heavy atom. The molecule has 0 radical (unpaired) electrons. The molecule has 12 heteroatoms. The number of nitrogens with zero attached hydrogens (tertiary/aromatic N) is 2. The third-order valence-electron chi connectivity index (χ3n) is 5.54. The van der Waals surface area contributed by atoms with Gasteiger partial charge >= 0.3 is 11.9 Å². The van der Waals surface area contributed by atoms with Gasteiger partial charge < -0.3 is 14.2 Å². The van der Waals surface area contributed by atoms with E-state index in [0.29, 0.717) is 45.4 Å². The van der Waals surface area contributed by atoms with Crippen LogP contribution in [0.15, 0.2) is 11.9 Å². The Labute approximate surface area is 229 Å². The summed E-state index contributed by atoms with van der Waals surface area (Å²) in [7, 11) is -1.79. The van der Waals surface area contributed by atoms with Crippen LogP contribution in [0.3, 0.4) is 0 Å². The number of rotatable bonds is 16. The van der Waals surface area contributed by atoms with Crippen molar-refractivity contribution in [1.29, 1.82) is 0 Å². The average molecular weight is 564 g/mol. The van der Waals surface area contributed by atoms with Crippen molar-refractivity contribution in [2.45, 2.75) is 98.7 Å². The van der Waals surface area contributed by atoms with Crippen molar-refractivity contribution in [1.82, 2.24) is 15.6 Å². The van der Waals surface area contributed by atoms with Crippen LogP contribution in [0.25, 0.3) is 0 Å². The van der Waals surface area contributed by atoms with E-state index in [1.54, 1.807) is 41.5 Å². The van der Waals surface area contributed by atoms with E-state index in [-0.39, 0.29) is 18.8 Å². The number of carbonyl (C=O) groups excluding carboxylic acids is 2. The number of carbonyl (C=O) groups is 2. The van der Waals surface area contributed by atoms with Crippen LogP contribution < -0.4 is 5.53 Å². The van der Waals surface area contributed by atoms with Crippen molar-refractivity contribution in [2.24, 2.45) is 5.41 Å². The molecule has 1 heterocycles. The Bertz CT molecular complexity index is 878. The van der Waals surface area contributed by atoms with Gasteiger partial charge in [-0.15, -0.1) is 5.53 Å². The molecule has 1 rings (SSSR count). The van der Waals surface area contributed by atoms with Crippen LogP contribution in [0.1, 0.15) is 87.5 Å². The number of nitrogens with one attached hydrogen (secondary N) is 1. The third kappa shape index (κ3) is 12.8. The molecule has 1 N–H and O–H groups in total. The van der Waals surface area contributed by atoms with E-state index >= 15 is 0 Å². The van der Waals surface area contributed by atoms with Gasteiger partial charge in [0.05, 0.1) is 24.7 Å². The van der Waals surface area contributed by atoms with Gasteiger partial charge in [-0.25, -0.2) is 0 Å². The Hall–Kier alpha value is -1.89. The van der Waals surface area contributed by atoms with Gasteiger partial charge in [-0.3, -0.25) is 23.8 Å². The second-order valence-electron chi connectivity index (χ2n) is 11.7. The molecule has 0 aromatic rings. The maximum atomic E-state index is 12.9.